The Morgan fingerprint density at radius 1 is 1.39 bits per heavy atom. The molecule has 4 nitrogen and oxygen atoms in total. The van der Waals surface area contributed by atoms with E-state index in [-0.39, 0.29) is 5.37 Å². The summed E-state index contributed by atoms with van der Waals surface area (Å²) in [6, 6.07) is 7.04. The van der Waals surface area contributed by atoms with Gasteiger partial charge in [0.15, 0.2) is 0 Å². The molecule has 0 fully saturated rings. The standard InChI is InChI=1S/C12H10N2O2S2/c13-11(15)7-1-2-9-10(5-7)18-12(14(9)16)8-3-4-17-6-8/h1-6,12,16H,(H2,13,15). The fraction of sp³-hybridized carbons (Fsp3) is 0.0833. The van der Waals surface area contributed by atoms with E-state index in [2.05, 4.69) is 0 Å². The molecule has 6 heteroatoms. The molecule has 18 heavy (non-hydrogen) atoms. The van der Waals surface area contributed by atoms with Gasteiger partial charge in [0.1, 0.15) is 5.37 Å². The maximum atomic E-state index is 11.1. The highest BCUT2D eigenvalue weighted by Gasteiger charge is 2.31. The van der Waals surface area contributed by atoms with Crippen molar-refractivity contribution in [3.05, 3.63) is 46.2 Å². The van der Waals surface area contributed by atoms with Crippen molar-refractivity contribution in [3.8, 4) is 0 Å². The van der Waals surface area contributed by atoms with Gasteiger partial charge in [-0.25, -0.2) is 5.06 Å². The van der Waals surface area contributed by atoms with Gasteiger partial charge in [0.05, 0.1) is 5.69 Å². The van der Waals surface area contributed by atoms with Crippen LogP contribution < -0.4 is 10.8 Å². The number of thiophene rings is 1. The highest BCUT2D eigenvalue weighted by molar-refractivity contribution is 8.00. The number of benzene rings is 1. The predicted molar refractivity (Wildman–Crippen MR) is 72.1 cm³/mol. The number of anilines is 1. The highest BCUT2D eigenvalue weighted by Crippen LogP contribution is 2.50. The van der Waals surface area contributed by atoms with Crippen LogP contribution in [0.4, 0.5) is 5.69 Å². The number of amides is 1. The molecule has 1 aliphatic heterocycles. The predicted octanol–water partition coefficient (Wildman–Crippen LogP) is 2.85. The van der Waals surface area contributed by atoms with Gasteiger partial charge < -0.3 is 5.73 Å². The van der Waals surface area contributed by atoms with E-state index in [1.165, 1.54) is 16.8 Å². The Balaban J connectivity index is 1.98. The quantitative estimate of drug-likeness (QED) is 0.886. The summed E-state index contributed by atoms with van der Waals surface area (Å²) >= 11 is 3.10. The zero-order valence-corrected chi connectivity index (χ0v) is 10.9. The third kappa shape index (κ3) is 1.78. The van der Waals surface area contributed by atoms with E-state index in [1.807, 2.05) is 16.8 Å². The van der Waals surface area contributed by atoms with E-state index >= 15 is 0 Å². The van der Waals surface area contributed by atoms with Crippen molar-refractivity contribution < 1.29 is 10.0 Å². The Hall–Kier alpha value is -1.50. The summed E-state index contributed by atoms with van der Waals surface area (Å²) in [5.41, 5.74) is 7.46. The number of thioether (sulfide) groups is 1. The average Bonchev–Trinajstić information content (AvgIpc) is 2.97. The van der Waals surface area contributed by atoms with E-state index in [1.54, 1.807) is 29.5 Å². The van der Waals surface area contributed by atoms with Crippen LogP contribution in [-0.2, 0) is 0 Å². The number of hydroxylamine groups is 1. The van der Waals surface area contributed by atoms with Crippen molar-refractivity contribution in [2.75, 3.05) is 5.06 Å². The van der Waals surface area contributed by atoms with Gasteiger partial charge in [-0.05, 0) is 40.6 Å². The minimum absolute atomic E-state index is 0.158. The van der Waals surface area contributed by atoms with Gasteiger partial charge >= 0.3 is 0 Å². The SMILES string of the molecule is NC(=O)c1ccc2c(c1)SC(c1ccsc1)N2O. The van der Waals surface area contributed by atoms with Crippen molar-refractivity contribution in [2.45, 2.75) is 10.3 Å². The van der Waals surface area contributed by atoms with Crippen molar-refractivity contribution in [1.29, 1.82) is 0 Å². The van der Waals surface area contributed by atoms with E-state index in [0.29, 0.717) is 11.3 Å². The van der Waals surface area contributed by atoms with E-state index in [0.717, 1.165) is 10.5 Å². The number of nitrogens with two attached hydrogens (primary N) is 1. The van der Waals surface area contributed by atoms with E-state index < -0.39 is 5.91 Å². The molecule has 0 aliphatic carbocycles. The fourth-order valence-corrected chi connectivity index (χ4v) is 3.85. The monoisotopic (exact) mass is 278 g/mol. The van der Waals surface area contributed by atoms with Crippen LogP contribution >= 0.6 is 23.1 Å². The van der Waals surface area contributed by atoms with Gasteiger partial charge in [-0.3, -0.25) is 10.0 Å². The van der Waals surface area contributed by atoms with Gasteiger partial charge in [-0.2, -0.15) is 11.3 Å². The Bertz CT molecular complexity index is 598. The molecule has 1 unspecified atom stereocenters. The fourth-order valence-electron chi connectivity index (χ4n) is 1.87. The number of hydrogen-bond acceptors (Lipinski definition) is 5. The molecule has 0 spiro atoms. The minimum Gasteiger partial charge on any atom is -0.366 e. The third-order valence-corrected chi connectivity index (χ3v) is 4.76. The molecule has 1 aromatic heterocycles. The number of nitrogens with zero attached hydrogens (tertiary/aromatic N) is 1. The van der Waals surface area contributed by atoms with Crippen molar-refractivity contribution in [2.24, 2.45) is 5.73 Å². The number of primary amides is 1. The molecule has 0 radical (unpaired) electrons. The van der Waals surface area contributed by atoms with Crippen LogP contribution in [0.2, 0.25) is 0 Å². The Labute approximate surface area is 112 Å². The number of carbonyl (C=O) groups excluding carboxylic acids is 1. The van der Waals surface area contributed by atoms with Gasteiger partial charge in [0.25, 0.3) is 0 Å². The molecular weight excluding hydrogens is 268 g/mol. The molecule has 0 saturated heterocycles. The van der Waals surface area contributed by atoms with Crippen LogP contribution in [0.25, 0.3) is 0 Å². The topological polar surface area (TPSA) is 66.6 Å². The molecule has 92 valence electrons. The first-order valence-corrected chi connectivity index (χ1v) is 7.10. The molecule has 0 bridgehead atoms. The maximum Gasteiger partial charge on any atom is 0.248 e. The Morgan fingerprint density at radius 3 is 2.89 bits per heavy atom. The van der Waals surface area contributed by atoms with Crippen LogP contribution in [0.5, 0.6) is 0 Å². The molecule has 1 atom stereocenters. The summed E-state index contributed by atoms with van der Waals surface area (Å²) in [5.74, 6) is -0.457. The normalized spacial score (nSPS) is 17.8. The second-order valence-electron chi connectivity index (χ2n) is 3.92. The summed E-state index contributed by atoms with van der Waals surface area (Å²) < 4.78 is 0. The van der Waals surface area contributed by atoms with Crippen molar-refractivity contribution >= 4 is 34.7 Å². The number of fused-ring (bicyclic) bond motifs is 1. The van der Waals surface area contributed by atoms with Crippen molar-refractivity contribution in [1.82, 2.24) is 0 Å². The average molecular weight is 278 g/mol. The lowest BCUT2D eigenvalue weighted by Gasteiger charge is -2.17. The Morgan fingerprint density at radius 2 is 2.22 bits per heavy atom. The molecule has 1 amide bonds. The van der Waals surface area contributed by atoms with Gasteiger partial charge in [-0.15, -0.1) is 0 Å². The van der Waals surface area contributed by atoms with Gasteiger partial charge in [0.2, 0.25) is 5.91 Å². The number of carbonyl (C=O) groups is 1. The van der Waals surface area contributed by atoms with Crippen molar-refractivity contribution in [3.63, 3.8) is 0 Å². The van der Waals surface area contributed by atoms with Gasteiger partial charge in [-0.1, -0.05) is 11.8 Å². The van der Waals surface area contributed by atoms with Crippen LogP contribution in [0, 0.1) is 0 Å². The van der Waals surface area contributed by atoms with Crippen LogP contribution in [0.3, 0.4) is 0 Å². The molecule has 0 saturated carbocycles. The molecule has 3 rings (SSSR count). The molecule has 1 aliphatic rings. The largest absolute Gasteiger partial charge is 0.366 e. The summed E-state index contributed by atoms with van der Waals surface area (Å²) in [4.78, 5) is 12.0. The third-order valence-electron chi connectivity index (χ3n) is 2.78. The van der Waals surface area contributed by atoms with Crippen LogP contribution in [0.15, 0.2) is 39.9 Å². The Kier molecular flexibility index (Phi) is 2.77. The van der Waals surface area contributed by atoms with Crippen LogP contribution in [-0.4, -0.2) is 11.1 Å². The number of hydrogen-bond donors (Lipinski definition) is 2. The molecule has 2 heterocycles. The molecular formula is C12H10N2O2S2. The van der Waals surface area contributed by atoms with Gasteiger partial charge in [0, 0.05) is 10.5 Å². The smallest absolute Gasteiger partial charge is 0.248 e. The van der Waals surface area contributed by atoms with Crippen LogP contribution in [0.1, 0.15) is 21.3 Å². The lowest BCUT2D eigenvalue weighted by Crippen LogP contribution is -2.17. The lowest BCUT2D eigenvalue weighted by molar-refractivity contribution is 0.1000. The summed E-state index contributed by atoms with van der Waals surface area (Å²) in [5, 5.41) is 15.2. The first-order valence-electron chi connectivity index (χ1n) is 5.27. The summed E-state index contributed by atoms with van der Waals surface area (Å²) in [6.45, 7) is 0. The molecule has 3 N–H and O–H groups in total. The zero-order valence-electron chi connectivity index (χ0n) is 9.24. The number of rotatable bonds is 2. The van der Waals surface area contributed by atoms with E-state index in [9.17, 15) is 10.0 Å². The summed E-state index contributed by atoms with van der Waals surface area (Å²) in [7, 11) is 0. The maximum absolute atomic E-state index is 11.1. The van der Waals surface area contributed by atoms with E-state index in [4.69, 9.17) is 5.73 Å². The summed E-state index contributed by atoms with van der Waals surface area (Å²) in [6.07, 6.45) is 0. The lowest BCUT2D eigenvalue weighted by atomic mass is 10.2. The second-order valence-corrected chi connectivity index (χ2v) is 5.82. The molecule has 2 aromatic rings. The first kappa shape index (κ1) is 11.6. The molecule has 1 aromatic carbocycles. The second kappa shape index (κ2) is 4.31. The first-order chi connectivity index (χ1) is 8.66. The highest BCUT2D eigenvalue weighted by atomic mass is 32.2. The minimum atomic E-state index is -0.457. The zero-order chi connectivity index (χ0) is 12.7.